The van der Waals surface area contributed by atoms with E-state index in [9.17, 15) is 4.79 Å². The van der Waals surface area contributed by atoms with E-state index in [2.05, 4.69) is 26.2 Å². The number of hydrogen-bond donors (Lipinski definition) is 1. The fraction of sp³-hybridized carbons (Fsp3) is 0.120. The van der Waals surface area contributed by atoms with Gasteiger partial charge in [0.05, 0.1) is 16.8 Å². The van der Waals surface area contributed by atoms with E-state index in [4.69, 9.17) is 0 Å². The van der Waals surface area contributed by atoms with Crippen molar-refractivity contribution in [3.05, 3.63) is 112 Å². The van der Waals surface area contributed by atoms with Crippen molar-refractivity contribution in [2.45, 2.75) is 19.9 Å². The lowest BCUT2D eigenvalue weighted by Gasteiger charge is -2.20. The summed E-state index contributed by atoms with van der Waals surface area (Å²) in [5.74, 6) is -0.100. The molecule has 3 aromatic rings. The molecule has 0 aliphatic rings. The molecule has 0 saturated heterocycles. The number of aliphatic imine (C=N–C) groups is 1. The highest BCUT2D eigenvalue weighted by Gasteiger charge is 2.17. The second-order valence-electron chi connectivity index (χ2n) is 6.75. The van der Waals surface area contributed by atoms with E-state index in [1.54, 1.807) is 0 Å². The van der Waals surface area contributed by atoms with Crippen LogP contribution in [0.3, 0.4) is 0 Å². The number of hydrogen-bond acceptors (Lipinski definition) is 3. The Morgan fingerprint density at radius 2 is 1.43 bits per heavy atom. The normalized spacial score (nSPS) is 12.1. The zero-order chi connectivity index (χ0) is 21.3. The van der Waals surface area contributed by atoms with Crippen LogP contribution in [0.4, 0.5) is 5.69 Å². The number of carbonyl (C=O) groups excluding carboxylic acids is 1. The first-order valence-electron chi connectivity index (χ1n) is 9.58. The first-order valence-corrected chi connectivity index (χ1v) is 11.3. The number of amides is 1. The third-order valence-corrected chi connectivity index (χ3v) is 5.85. The van der Waals surface area contributed by atoms with Gasteiger partial charge in [-0.2, -0.15) is 0 Å². The molecular weight excluding hydrogens is 456 g/mol. The highest BCUT2D eigenvalue weighted by molar-refractivity contribution is 9.10. The van der Waals surface area contributed by atoms with Gasteiger partial charge in [0.25, 0.3) is 0 Å². The second kappa shape index (κ2) is 11.0. The highest BCUT2D eigenvalue weighted by atomic mass is 79.9. The molecule has 0 bridgehead atoms. The van der Waals surface area contributed by atoms with Gasteiger partial charge in [-0.05, 0) is 54.6 Å². The lowest BCUT2D eigenvalue weighted by atomic mass is 9.98. The molecule has 1 amide bonds. The van der Waals surface area contributed by atoms with Crippen LogP contribution in [0.1, 0.15) is 31.0 Å². The van der Waals surface area contributed by atoms with Crippen molar-refractivity contribution in [2.75, 3.05) is 0 Å². The van der Waals surface area contributed by atoms with Crippen molar-refractivity contribution in [3.63, 3.8) is 0 Å². The Morgan fingerprint density at radius 1 is 0.900 bits per heavy atom. The van der Waals surface area contributed by atoms with Crippen molar-refractivity contribution in [2.24, 2.45) is 4.99 Å². The Kier molecular flexibility index (Phi) is 8.05. The van der Waals surface area contributed by atoms with Crippen LogP contribution in [0.5, 0.6) is 0 Å². The van der Waals surface area contributed by atoms with Gasteiger partial charge in [0, 0.05) is 10.0 Å². The third kappa shape index (κ3) is 6.44. The summed E-state index contributed by atoms with van der Waals surface area (Å²) in [5.41, 5.74) is 3.62. The number of thioether (sulfide) groups is 1. The molecule has 0 aromatic heterocycles. The van der Waals surface area contributed by atoms with Crippen LogP contribution in [0, 0.1) is 0 Å². The van der Waals surface area contributed by atoms with E-state index in [1.165, 1.54) is 11.8 Å². The van der Waals surface area contributed by atoms with Crippen LogP contribution < -0.4 is 5.32 Å². The highest BCUT2D eigenvalue weighted by Crippen LogP contribution is 2.23. The van der Waals surface area contributed by atoms with Gasteiger partial charge in [-0.3, -0.25) is 4.79 Å². The minimum absolute atomic E-state index is 0.100. The van der Waals surface area contributed by atoms with E-state index in [1.807, 2.05) is 104 Å². The van der Waals surface area contributed by atoms with Crippen LogP contribution in [-0.4, -0.2) is 11.0 Å². The van der Waals surface area contributed by atoms with E-state index in [-0.39, 0.29) is 11.9 Å². The van der Waals surface area contributed by atoms with Crippen molar-refractivity contribution in [3.8, 4) is 0 Å². The van der Waals surface area contributed by atoms with Crippen LogP contribution >= 0.6 is 27.7 Å². The van der Waals surface area contributed by atoms with E-state index < -0.39 is 0 Å². The first kappa shape index (κ1) is 22.1. The van der Waals surface area contributed by atoms with E-state index in [0.29, 0.717) is 5.57 Å². The Labute approximate surface area is 190 Å². The number of nitrogens with zero attached hydrogens (tertiary/aromatic N) is 1. The molecule has 0 saturated carbocycles. The SMILES string of the molecule is CC(=Nc1ccc(Br)cc1)S/C=C(\C)C(=O)NC(c1ccccc1)c1ccccc1. The van der Waals surface area contributed by atoms with Crippen molar-refractivity contribution >= 4 is 44.3 Å². The Hall–Kier alpha value is -2.63. The molecule has 3 nitrogen and oxygen atoms in total. The summed E-state index contributed by atoms with van der Waals surface area (Å²) in [5, 5.41) is 5.88. The second-order valence-corrected chi connectivity index (χ2v) is 8.73. The van der Waals surface area contributed by atoms with E-state index >= 15 is 0 Å². The van der Waals surface area contributed by atoms with Crippen LogP contribution in [-0.2, 0) is 4.79 Å². The molecule has 3 aromatic carbocycles. The maximum absolute atomic E-state index is 12.9. The average molecular weight is 479 g/mol. The lowest BCUT2D eigenvalue weighted by Crippen LogP contribution is -2.29. The topological polar surface area (TPSA) is 41.5 Å². The molecule has 0 heterocycles. The molecule has 3 rings (SSSR count). The van der Waals surface area contributed by atoms with Crippen LogP contribution in [0.2, 0.25) is 0 Å². The van der Waals surface area contributed by atoms with Gasteiger partial charge in [0.15, 0.2) is 0 Å². The molecule has 5 heteroatoms. The number of nitrogens with one attached hydrogen (secondary N) is 1. The molecule has 0 atom stereocenters. The van der Waals surface area contributed by atoms with Gasteiger partial charge < -0.3 is 5.32 Å². The summed E-state index contributed by atoms with van der Waals surface area (Å²) in [6.45, 7) is 3.76. The number of rotatable bonds is 6. The molecule has 0 radical (unpaired) electrons. The van der Waals surface area contributed by atoms with Crippen molar-refractivity contribution < 1.29 is 4.79 Å². The van der Waals surface area contributed by atoms with Crippen molar-refractivity contribution in [1.29, 1.82) is 0 Å². The molecule has 30 heavy (non-hydrogen) atoms. The smallest absolute Gasteiger partial charge is 0.248 e. The summed E-state index contributed by atoms with van der Waals surface area (Å²) < 4.78 is 1.02. The molecule has 0 aliphatic carbocycles. The monoisotopic (exact) mass is 478 g/mol. The summed E-state index contributed by atoms with van der Waals surface area (Å²) in [6.07, 6.45) is 0. The number of halogens is 1. The summed E-state index contributed by atoms with van der Waals surface area (Å²) >= 11 is 4.87. The Balaban J connectivity index is 1.71. The summed E-state index contributed by atoms with van der Waals surface area (Å²) in [7, 11) is 0. The molecule has 0 fully saturated rings. The standard InChI is InChI=1S/C25H23BrN2OS/c1-18(17-30-19(2)27-23-15-13-22(26)14-16-23)25(29)28-24(20-9-5-3-6-10-20)21-11-7-4-8-12-21/h3-17,24H,1-2H3,(H,28,29)/b18-17+,27-19?. The predicted molar refractivity (Wildman–Crippen MR) is 131 cm³/mol. The van der Waals surface area contributed by atoms with Gasteiger partial charge in [-0.25, -0.2) is 4.99 Å². The Morgan fingerprint density at radius 3 is 1.97 bits per heavy atom. The van der Waals surface area contributed by atoms with Crippen LogP contribution in [0.25, 0.3) is 0 Å². The fourth-order valence-electron chi connectivity index (χ4n) is 2.85. The Bertz CT molecular complexity index is 992. The van der Waals surface area contributed by atoms with Gasteiger partial charge in [-0.1, -0.05) is 88.4 Å². The molecule has 0 unspecified atom stereocenters. The molecule has 1 N–H and O–H groups in total. The lowest BCUT2D eigenvalue weighted by molar-refractivity contribution is -0.117. The number of benzene rings is 3. The molecule has 0 aliphatic heterocycles. The minimum atomic E-state index is -0.203. The van der Waals surface area contributed by atoms with Gasteiger partial charge in [0.1, 0.15) is 0 Å². The number of carbonyl (C=O) groups is 1. The van der Waals surface area contributed by atoms with Gasteiger partial charge in [-0.15, -0.1) is 0 Å². The zero-order valence-corrected chi connectivity index (χ0v) is 19.3. The molecular formula is C25H23BrN2OS. The van der Waals surface area contributed by atoms with Gasteiger partial charge in [0.2, 0.25) is 5.91 Å². The summed E-state index contributed by atoms with van der Waals surface area (Å²) in [4.78, 5) is 17.4. The largest absolute Gasteiger partial charge is 0.341 e. The predicted octanol–water partition coefficient (Wildman–Crippen LogP) is 7.04. The fourth-order valence-corrected chi connectivity index (χ4v) is 3.72. The van der Waals surface area contributed by atoms with Crippen LogP contribution in [0.15, 0.2) is 105 Å². The summed E-state index contributed by atoms with van der Waals surface area (Å²) in [6, 6.07) is 27.6. The average Bonchev–Trinajstić information content (AvgIpc) is 2.78. The zero-order valence-electron chi connectivity index (χ0n) is 16.9. The maximum atomic E-state index is 12.9. The molecule has 152 valence electrons. The van der Waals surface area contributed by atoms with Gasteiger partial charge >= 0.3 is 0 Å². The minimum Gasteiger partial charge on any atom is -0.341 e. The first-order chi connectivity index (χ1) is 14.5. The maximum Gasteiger partial charge on any atom is 0.248 e. The third-order valence-electron chi connectivity index (χ3n) is 4.42. The van der Waals surface area contributed by atoms with E-state index in [0.717, 1.165) is 26.3 Å². The quantitative estimate of drug-likeness (QED) is 0.234. The molecule has 0 spiro atoms. The van der Waals surface area contributed by atoms with Crippen molar-refractivity contribution in [1.82, 2.24) is 5.32 Å².